The minimum atomic E-state index is 1.07. The summed E-state index contributed by atoms with van der Waals surface area (Å²) >= 11 is 0. The van der Waals surface area contributed by atoms with Crippen LogP contribution in [0.3, 0.4) is 0 Å². The van der Waals surface area contributed by atoms with E-state index in [0.717, 1.165) is 19.3 Å². The molecular formula is C24H25N. The molecule has 1 nitrogen and oxygen atoms in total. The molecule has 0 heterocycles. The molecule has 0 bridgehead atoms. The molecule has 0 amide bonds. The van der Waals surface area contributed by atoms with Gasteiger partial charge in [0.25, 0.3) is 0 Å². The van der Waals surface area contributed by atoms with E-state index in [9.17, 15) is 0 Å². The zero-order valence-electron chi connectivity index (χ0n) is 14.8. The maximum absolute atomic E-state index is 2.31. The zero-order chi connectivity index (χ0) is 17.3. The van der Waals surface area contributed by atoms with E-state index >= 15 is 0 Å². The van der Waals surface area contributed by atoms with E-state index in [-0.39, 0.29) is 0 Å². The average Bonchev–Trinajstić information content (AvgIpc) is 2.68. The molecule has 0 aliphatic heterocycles. The van der Waals surface area contributed by atoms with Crippen molar-refractivity contribution in [1.82, 2.24) is 0 Å². The van der Waals surface area contributed by atoms with Gasteiger partial charge in [-0.15, -0.1) is 0 Å². The minimum absolute atomic E-state index is 1.07. The molecule has 0 N–H and O–H groups in total. The molecule has 0 aromatic heterocycles. The second-order valence-electron chi connectivity index (χ2n) is 6.09. The Hall–Kier alpha value is -2.80. The molecule has 0 saturated carbocycles. The lowest BCUT2D eigenvalue weighted by Crippen LogP contribution is -2.09. The molecule has 0 aliphatic carbocycles. The summed E-state index contributed by atoms with van der Waals surface area (Å²) in [4.78, 5) is 2.31. The second-order valence-corrected chi connectivity index (χ2v) is 6.09. The van der Waals surface area contributed by atoms with Crippen molar-refractivity contribution in [2.45, 2.75) is 26.2 Å². The van der Waals surface area contributed by atoms with E-state index in [4.69, 9.17) is 0 Å². The summed E-state index contributed by atoms with van der Waals surface area (Å²) < 4.78 is 0. The third kappa shape index (κ3) is 4.60. The lowest BCUT2D eigenvalue weighted by Gasteiger charge is -2.25. The van der Waals surface area contributed by atoms with E-state index in [1.807, 2.05) is 0 Å². The molecule has 0 fully saturated rings. The number of hydrogen-bond acceptors (Lipinski definition) is 1. The smallest absolute Gasteiger partial charge is 0.0464 e. The molecular weight excluding hydrogens is 302 g/mol. The largest absolute Gasteiger partial charge is 0.310 e. The van der Waals surface area contributed by atoms with Crippen LogP contribution in [0, 0.1) is 0 Å². The highest BCUT2D eigenvalue weighted by Crippen LogP contribution is 2.34. The standard InChI is InChI=1S/C24H25N/c1-2-3-4-7-13-21-14-12-19-24(20-21)25(22-15-8-5-9-16-22)23-17-10-6-11-18-23/h3-6,8-12,14-20H,2,7,13H2,1H3/b4-3+. The molecule has 3 aromatic carbocycles. The molecule has 0 saturated heterocycles. The van der Waals surface area contributed by atoms with Crippen LogP contribution in [0.25, 0.3) is 0 Å². The fourth-order valence-electron chi connectivity index (χ4n) is 2.99. The van der Waals surface area contributed by atoms with Crippen molar-refractivity contribution in [2.24, 2.45) is 0 Å². The van der Waals surface area contributed by atoms with Gasteiger partial charge in [0, 0.05) is 17.1 Å². The topological polar surface area (TPSA) is 3.24 Å². The van der Waals surface area contributed by atoms with Crippen LogP contribution in [0.2, 0.25) is 0 Å². The quantitative estimate of drug-likeness (QED) is 0.420. The molecule has 0 atom stereocenters. The maximum atomic E-state index is 2.31. The molecule has 1 heteroatoms. The third-order valence-electron chi connectivity index (χ3n) is 4.20. The molecule has 0 spiro atoms. The number of anilines is 3. The second kappa shape index (κ2) is 8.89. The third-order valence-corrected chi connectivity index (χ3v) is 4.20. The average molecular weight is 327 g/mol. The number of hydrogen-bond donors (Lipinski definition) is 0. The first-order valence-electron chi connectivity index (χ1n) is 9.02. The van der Waals surface area contributed by atoms with Gasteiger partial charge in [-0.2, -0.15) is 0 Å². The molecule has 3 aromatic rings. The maximum Gasteiger partial charge on any atom is 0.0464 e. The van der Waals surface area contributed by atoms with E-state index in [1.54, 1.807) is 0 Å². The number of aryl methyl sites for hydroxylation is 1. The van der Waals surface area contributed by atoms with Crippen molar-refractivity contribution < 1.29 is 0 Å². The van der Waals surface area contributed by atoms with Gasteiger partial charge in [0.1, 0.15) is 0 Å². The van der Waals surface area contributed by atoms with Crippen LogP contribution in [0.4, 0.5) is 17.1 Å². The van der Waals surface area contributed by atoms with Crippen LogP contribution in [-0.4, -0.2) is 0 Å². The van der Waals surface area contributed by atoms with Gasteiger partial charge < -0.3 is 4.90 Å². The van der Waals surface area contributed by atoms with Crippen LogP contribution >= 0.6 is 0 Å². The van der Waals surface area contributed by atoms with Gasteiger partial charge in [0.15, 0.2) is 0 Å². The summed E-state index contributed by atoms with van der Waals surface area (Å²) in [6, 6.07) is 30.0. The SMILES string of the molecule is CC/C=C/CCc1cccc(N(c2ccccc2)c2ccccc2)c1. The van der Waals surface area contributed by atoms with Crippen molar-refractivity contribution >= 4 is 17.1 Å². The Morgan fingerprint density at radius 3 is 1.88 bits per heavy atom. The van der Waals surface area contributed by atoms with E-state index < -0.39 is 0 Å². The van der Waals surface area contributed by atoms with Gasteiger partial charge in [-0.1, -0.05) is 67.6 Å². The highest BCUT2D eigenvalue weighted by Gasteiger charge is 2.11. The van der Waals surface area contributed by atoms with E-state index in [1.165, 1.54) is 22.6 Å². The molecule has 0 unspecified atom stereocenters. The fourth-order valence-corrected chi connectivity index (χ4v) is 2.99. The first kappa shape index (κ1) is 17.0. The number of rotatable bonds is 7. The van der Waals surface area contributed by atoms with Crippen molar-refractivity contribution in [1.29, 1.82) is 0 Å². The monoisotopic (exact) mass is 327 g/mol. The Kier molecular flexibility index (Phi) is 6.06. The summed E-state index contributed by atoms with van der Waals surface area (Å²) in [7, 11) is 0. The van der Waals surface area contributed by atoms with Crippen molar-refractivity contribution in [3.8, 4) is 0 Å². The number of benzene rings is 3. The summed E-state index contributed by atoms with van der Waals surface area (Å²) in [5, 5.41) is 0. The van der Waals surface area contributed by atoms with E-state index in [2.05, 4.69) is 109 Å². The predicted octanol–water partition coefficient (Wildman–Crippen LogP) is 7.06. The Labute approximate surface area is 151 Å². The van der Waals surface area contributed by atoms with Gasteiger partial charge >= 0.3 is 0 Å². The predicted molar refractivity (Wildman–Crippen MR) is 109 cm³/mol. The Morgan fingerprint density at radius 1 is 0.680 bits per heavy atom. The number of para-hydroxylation sites is 2. The molecule has 0 aliphatic rings. The van der Waals surface area contributed by atoms with Crippen molar-refractivity contribution in [2.75, 3.05) is 4.90 Å². The highest BCUT2D eigenvalue weighted by atomic mass is 15.1. The summed E-state index contributed by atoms with van der Waals surface area (Å²) in [6.07, 6.45) is 7.79. The van der Waals surface area contributed by atoms with Crippen LogP contribution < -0.4 is 4.90 Å². The minimum Gasteiger partial charge on any atom is -0.310 e. The van der Waals surface area contributed by atoms with Crippen LogP contribution in [0.1, 0.15) is 25.3 Å². The van der Waals surface area contributed by atoms with E-state index in [0.29, 0.717) is 0 Å². The molecule has 126 valence electrons. The van der Waals surface area contributed by atoms with Crippen LogP contribution in [0.15, 0.2) is 97.1 Å². The lowest BCUT2D eigenvalue weighted by molar-refractivity contribution is 0.991. The van der Waals surface area contributed by atoms with Crippen molar-refractivity contribution in [3.63, 3.8) is 0 Å². The van der Waals surface area contributed by atoms with Gasteiger partial charge in [-0.3, -0.25) is 0 Å². The molecule has 25 heavy (non-hydrogen) atoms. The van der Waals surface area contributed by atoms with Crippen LogP contribution in [0.5, 0.6) is 0 Å². The summed E-state index contributed by atoms with van der Waals surface area (Å²) in [5.74, 6) is 0. The van der Waals surface area contributed by atoms with Gasteiger partial charge in [-0.25, -0.2) is 0 Å². The highest BCUT2D eigenvalue weighted by molar-refractivity contribution is 5.76. The van der Waals surface area contributed by atoms with Gasteiger partial charge in [-0.05, 0) is 61.2 Å². The molecule has 0 radical (unpaired) electrons. The number of nitrogens with zero attached hydrogens (tertiary/aromatic N) is 1. The normalized spacial score (nSPS) is 10.9. The molecule has 3 rings (SSSR count). The first-order valence-corrected chi connectivity index (χ1v) is 9.02. The van der Waals surface area contributed by atoms with Gasteiger partial charge in [0.2, 0.25) is 0 Å². The van der Waals surface area contributed by atoms with Gasteiger partial charge in [0.05, 0.1) is 0 Å². The Bertz CT molecular complexity index is 751. The van der Waals surface area contributed by atoms with Crippen molar-refractivity contribution in [3.05, 3.63) is 103 Å². The van der Waals surface area contributed by atoms with Crippen LogP contribution in [-0.2, 0) is 6.42 Å². The fraction of sp³-hybridized carbons (Fsp3) is 0.167. The zero-order valence-corrected chi connectivity index (χ0v) is 14.8. The first-order chi connectivity index (χ1) is 12.4. The Balaban J connectivity index is 1.93. The number of allylic oxidation sites excluding steroid dienone is 2. The lowest BCUT2D eigenvalue weighted by atomic mass is 10.1. The summed E-state index contributed by atoms with van der Waals surface area (Å²) in [6.45, 7) is 2.18. The Morgan fingerprint density at radius 2 is 1.28 bits per heavy atom. The summed E-state index contributed by atoms with van der Waals surface area (Å²) in [5.41, 5.74) is 4.93.